The summed E-state index contributed by atoms with van der Waals surface area (Å²) in [7, 11) is 0. The predicted octanol–water partition coefficient (Wildman–Crippen LogP) is 6.46. The fourth-order valence-electron chi connectivity index (χ4n) is 5.02. The number of nitrogens with zero attached hydrogens (tertiary/aromatic N) is 1. The maximum Gasteiger partial charge on any atom is 0.0622 e. The van der Waals surface area contributed by atoms with Crippen LogP contribution in [0.3, 0.4) is 0 Å². The molecule has 2 aromatic rings. The third-order valence-electron chi connectivity index (χ3n) is 6.96. The lowest BCUT2D eigenvalue weighted by Crippen LogP contribution is -2.39. The van der Waals surface area contributed by atoms with Crippen molar-refractivity contribution in [1.29, 1.82) is 0 Å². The quantitative estimate of drug-likeness (QED) is 0.470. The van der Waals surface area contributed by atoms with Crippen LogP contribution in [-0.2, 0) is 30.5 Å². The van der Waals surface area contributed by atoms with Gasteiger partial charge < -0.3 is 4.74 Å². The highest BCUT2D eigenvalue weighted by Crippen LogP contribution is 2.27. The fourth-order valence-corrected chi connectivity index (χ4v) is 5.02. The molecule has 1 saturated heterocycles. The number of ether oxygens (including phenoxy) is 1. The Bertz CT molecular complexity index is 1020. The Balaban J connectivity index is 1.46. The van der Waals surface area contributed by atoms with E-state index in [9.17, 15) is 0 Å². The zero-order valence-corrected chi connectivity index (χ0v) is 20.0. The first kappa shape index (κ1) is 22.8. The first-order chi connectivity index (χ1) is 15.5. The first-order valence-corrected chi connectivity index (χ1v) is 12.0. The van der Waals surface area contributed by atoms with Crippen LogP contribution in [0.15, 0.2) is 66.8 Å². The van der Waals surface area contributed by atoms with Gasteiger partial charge in [-0.3, -0.25) is 4.90 Å². The number of allylic oxidation sites excluding steroid dienone is 5. The Kier molecular flexibility index (Phi) is 7.44. The van der Waals surface area contributed by atoms with E-state index in [4.69, 9.17) is 4.74 Å². The van der Waals surface area contributed by atoms with Crippen LogP contribution in [0.25, 0.3) is 5.57 Å². The van der Waals surface area contributed by atoms with E-state index in [1.165, 1.54) is 39.8 Å². The molecular formula is C30H37NO. The van der Waals surface area contributed by atoms with E-state index in [0.717, 1.165) is 51.1 Å². The summed E-state index contributed by atoms with van der Waals surface area (Å²) in [6.07, 6.45) is 10.9. The molecule has 1 atom stereocenters. The van der Waals surface area contributed by atoms with Crippen LogP contribution in [0, 0.1) is 6.92 Å². The lowest BCUT2D eigenvalue weighted by atomic mass is 9.90. The van der Waals surface area contributed by atoms with Gasteiger partial charge in [0.2, 0.25) is 0 Å². The van der Waals surface area contributed by atoms with Crippen molar-refractivity contribution in [3.8, 4) is 0 Å². The van der Waals surface area contributed by atoms with Crippen LogP contribution in [-0.4, -0.2) is 30.7 Å². The molecule has 2 aliphatic rings. The molecule has 0 saturated carbocycles. The number of rotatable bonds is 7. The van der Waals surface area contributed by atoms with Gasteiger partial charge in [0.1, 0.15) is 0 Å². The minimum absolute atomic E-state index is 0.615. The van der Waals surface area contributed by atoms with Gasteiger partial charge in [0.15, 0.2) is 0 Å². The van der Waals surface area contributed by atoms with E-state index in [2.05, 4.69) is 80.0 Å². The monoisotopic (exact) mass is 427 g/mol. The molecule has 0 amide bonds. The zero-order valence-electron chi connectivity index (χ0n) is 20.0. The van der Waals surface area contributed by atoms with Gasteiger partial charge in [-0.1, -0.05) is 66.8 Å². The molecule has 1 fully saturated rings. The Morgan fingerprint density at radius 3 is 2.81 bits per heavy atom. The number of hydrogen-bond acceptors (Lipinski definition) is 2. The Labute approximate surface area is 194 Å². The molecule has 32 heavy (non-hydrogen) atoms. The smallest absolute Gasteiger partial charge is 0.0622 e. The van der Waals surface area contributed by atoms with Crippen molar-refractivity contribution >= 4 is 5.57 Å². The molecule has 4 rings (SSSR count). The molecule has 0 N–H and O–H groups in total. The average Bonchev–Trinajstić information content (AvgIpc) is 3.32. The highest BCUT2D eigenvalue weighted by molar-refractivity contribution is 5.69. The molecule has 2 aromatic carbocycles. The lowest BCUT2D eigenvalue weighted by Gasteiger charge is -2.33. The summed E-state index contributed by atoms with van der Waals surface area (Å²) < 4.78 is 5.61. The summed E-state index contributed by atoms with van der Waals surface area (Å²) in [4.78, 5) is 2.62. The fraction of sp³-hybridized carbons (Fsp3) is 0.400. The summed E-state index contributed by atoms with van der Waals surface area (Å²) in [6.45, 7) is 14.5. The van der Waals surface area contributed by atoms with Crippen LogP contribution in [0.2, 0.25) is 0 Å². The molecule has 0 aromatic heterocycles. The predicted molar refractivity (Wildman–Crippen MR) is 136 cm³/mol. The van der Waals surface area contributed by atoms with Gasteiger partial charge in [-0.2, -0.15) is 0 Å². The van der Waals surface area contributed by atoms with Crippen LogP contribution in [0.5, 0.6) is 0 Å². The summed E-state index contributed by atoms with van der Waals surface area (Å²) in [6, 6.07) is 14.5. The van der Waals surface area contributed by atoms with Crippen LogP contribution in [0.4, 0.5) is 0 Å². The van der Waals surface area contributed by atoms with Gasteiger partial charge in [-0.05, 0) is 85.4 Å². The molecule has 0 radical (unpaired) electrons. The van der Waals surface area contributed by atoms with E-state index in [-0.39, 0.29) is 0 Å². The summed E-state index contributed by atoms with van der Waals surface area (Å²) in [5, 5.41) is 0. The van der Waals surface area contributed by atoms with Crippen LogP contribution >= 0.6 is 0 Å². The van der Waals surface area contributed by atoms with Gasteiger partial charge in [-0.15, -0.1) is 0 Å². The van der Waals surface area contributed by atoms with Gasteiger partial charge in [0.05, 0.1) is 6.61 Å². The normalized spacial score (nSPS) is 19.5. The molecular weight excluding hydrogens is 390 g/mol. The number of fused-ring (bicyclic) bond motifs is 1. The zero-order chi connectivity index (χ0) is 22.5. The number of benzene rings is 2. The maximum absolute atomic E-state index is 5.61. The summed E-state index contributed by atoms with van der Waals surface area (Å²) in [5.74, 6) is 0. The molecule has 0 spiro atoms. The van der Waals surface area contributed by atoms with Crippen molar-refractivity contribution < 1.29 is 4.74 Å². The third kappa shape index (κ3) is 5.49. The van der Waals surface area contributed by atoms with E-state index in [1.54, 1.807) is 5.56 Å². The van der Waals surface area contributed by atoms with Crippen molar-refractivity contribution in [3.63, 3.8) is 0 Å². The molecule has 2 heteroatoms. The SMILES string of the molecule is C=C(C)/C=C\C=C(/C)c1cccc(C)c1CCc1ccc2c(c1)CCN(C1CCOC1)C2. The van der Waals surface area contributed by atoms with Gasteiger partial charge in [0.25, 0.3) is 0 Å². The summed E-state index contributed by atoms with van der Waals surface area (Å²) >= 11 is 0. The largest absolute Gasteiger partial charge is 0.380 e. The van der Waals surface area contributed by atoms with Crippen molar-refractivity contribution in [2.45, 2.75) is 59.0 Å². The van der Waals surface area contributed by atoms with Gasteiger partial charge in [0, 0.05) is 25.7 Å². The highest BCUT2D eigenvalue weighted by atomic mass is 16.5. The van der Waals surface area contributed by atoms with Crippen molar-refractivity contribution in [1.82, 2.24) is 4.90 Å². The highest BCUT2D eigenvalue weighted by Gasteiger charge is 2.26. The molecule has 0 aliphatic carbocycles. The third-order valence-corrected chi connectivity index (χ3v) is 6.96. The Morgan fingerprint density at radius 1 is 1.16 bits per heavy atom. The molecule has 1 unspecified atom stereocenters. The van der Waals surface area contributed by atoms with Gasteiger partial charge >= 0.3 is 0 Å². The minimum Gasteiger partial charge on any atom is -0.380 e. The molecule has 168 valence electrons. The molecule has 2 aliphatic heterocycles. The lowest BCUT2D eigenvalue weighted by molar-refractivity contribution is 0.135. The molecule has 2 heterocycles. The van der Waals surface area contributed by atoms with E-state index in [0.29, 0.717) is 6.04 Å². The average molecular weight is 428 g/mol. The minimum atomic E-state index is 0.615. The second kappa shape index (κ2) is 10.5. The second-order valence-electron chi connectivity index (χ2n) is 9.50. The van der Waals surface area contributed by atoms with E-state index in [1.807, 2.05) is 6.92 Å². The maximum atomic E-state index is 5.61. The second-order valence-corrected chi connectivity index (χ2v) is 9.50. The summed E-state index contributed by atoms with van der Waals surface area (Å²) in [5.41, 5.74) is 11.1. The van der Waals surface area contributed by atoms with Crippen LogP contribution in [0.1, 0.15) is 53.6 Å². The number of aryl methyl sites for hydroxylation is 2. The molecule has 0 bridgehead atoms. The first-order valence-electron chi connectivity index (χ1n) is 12.0. The van der Waals surface area contributed by atoms with Crippen LogP contribution < -0.4 is 0 Å². The standard InChI is InChI=1S/C30H37NO/c1-22(2)7-5-8-23(3)29-10-6-9-24(4)30(29)14-12-25-11-13-27-20-31(17-15-26(27)19-25)28-16-18-32-21-28/h5-11,13,19,28H,1,12,14-18,20-21H2,2-4H3/b7-5-,23-8+. The van der Waals surface area contributed by atoms with Crippen molar-refractivity contribution in [2.24, 2.45) is 0 Å². The van der Waals surface area contributed by atoms with Crippen molar-refractivity contribution in [2.75, 3.05) is 19.8 Å². The Morgan fingerprint density at radius 2 is 2.03 bits per heavy atom. The topological polar surface area (TPSA) is 12.5 Å². The van der Waals surface area contributed by atoms with E-state index < -0.39 is 0 Å². The van der Waals surface area contributed by atoms with E-state index >= 15 is 0 Å². The number of hydrogen-bond donors (Lipinski definition) is 0. The van der Waals surface area contributed by atoms with Crippen molar-refractivity contribution in [3.05, 3.63) is 100 Å². The Hall–Kier alpha value is -2.42. The van der Waals surface area contributed by atoms with Gasteiger partial charge in [-0.25, -0.2) is 0 Å². The molecule has 2 nitrogen and oxygen atoms in total.